The standard InChI is InChI=1S/C26H28N4O2/c1-18-11-23(15-27-14-18)29-26(31)30-10-9-22(19(2)17-30)12-21-5-4-6-24(13-21)32-25-8-7-20(3)28-16-25/h4-8,11-16,19H,9-10,17H2,1-3H3,(H,29,31). The zero-order chi connectivity index (χ0) is 22.5. The molecule has 1 aliphatic heterocycles. The zero-order valence-electron chi connectivity index (χ0n) is 18.7. The van der Waals surface area contributed by atoms with Crippen LogP contribution in [0.2, 0.25) is 0 Å². The predicted molar refractivity (Wildman–Crippen MR) is 127 cm³/mol. The van der Waals surface area contributed by atoms with Gasteiger partial charge in [-0.05, 0) is 67.6 Å². The van der Waals surface area contributed by atoms with Gasteiger partial charge in [0.15, 0.2) is 0 Å². The Morgan fingerprint density at radius 2 is 2.00 bits per heavy atom. The smallest absolute Gasteiger partial charge is 0.321 e. The first-order valence-corrected chi connectivity index (χ1v) is 10.8. The largest absolute Gasteiger partial charge is 0.456 e. The highest BCUT2D eigenvalue weighted by molar-refractivity contribution is 5.89. The number of anilines is 1. The summed E-state index contributed by atoms with van der Waals surface area (Å²) in [7, 11) is 0. The number of aryl methyl sites for hydroxylation is 2. The molecule has 0 bridgehead atoms. The van der Waals surface area contributed by atoms with Gasteiger partial charge in [0.25, 0.3) is 0 Å². The van der Waals surface area contributed by atoms with E-state index < -0.39 is 0 Å². The van der Waals surface area contributed by atoms with E-state index in [0.717, 1.165) is 40.4 Å². The van der Waals surface area contributed by atoms with Gasteiger partial charge in [0, 0.05) is 25.0 Å². The molecule has 3 aromatic rings. The Kier molecular flexibility index (Phi) is 6.50. The fourth-order valence-corrected chi connectivity index (χ4v) is 3.81. The summed E-state index contributed by atoms with van der Waals surface area (Å²) >= 11 is 0. The Labute approximate surface area is 189 Å². The fourth-order valence-electron chi connectivity index (χ4n) is 3.81. The molecule has 1 unspecified atom stereocenters. The number of carbonyl (C=O) groups excluding carboxylic acids is 1. The summed E-state index contributed by atoms with van der Waals surface area (Å²) in [5.74, 6) is 1.77. The number of benzene rings is 1. The number of nitrogens with zero attached hydrogens (tertiary/aromatic N) is 3. The molecule has 1 saturated heterocycles. The lowest BCUT2D eigenvalue weighted by atomic mass is 9.91. The van der Waals surface area contributed by atoms with E-state index in [0.29, 0.717) is 13.1 Å². The van der Waals surface area contributed by atoms with Crippen LogP contribution in [0.5, 0.6) is 11.5 Å². The molecule has 0 saturated carbocycles. The number of pyridine rings is 2. The Balaban J connectivity index is 1.39. The number of likely N-dealkylation sites (tertiary alicyclic amines) is 1. The molecule has 1 aliphatic rings. The SMILES string of the molecule is Cc1cncc(NC(=O)N2CCC(=Cc3cccc(Oc4ccc(C)nc4)c3)C(C)C2)c1. The highest BCUT2D eigenvalue weighted by Crippen LogP contribution is 2.28. The molecule has 0 spiro atoms. The number of amides is 2. The van der Waals surface area contributed by atoms with Gasteiger partial charge in [-0.25, -0.2) is 4.79 Å². The number of hydrogen-bond acceptors (Lipinski definition) is 4. The van der Waals surface area contributed by atoms with E-state index in [1.165, 1.54) is 5.57 Å². The molecular formula is C26H28N4O2. The Bertz CT molecular complexity index is 1120. The normalized spacial score (nSPS) is 17.3. The molecule has 2 amide bonds. The van der Waals surface area contributed by atoms with Gasteiger partial charge in [0.1, 0.15) is 11.5 Å². The van der Waals surface area contributed by atoms with Crippen LogP contribution in [0.4, 0.5) is 10.5 Å². The average molecular weight is 429 g/mol. The van der Waals surface area contributed by atoms with Crippen LogP contribution in [0, 0.1) is 19.8 Å². The second-order valence-corrected chi connectivity index (χ2v) is 8.31. The van der Waals surface area contributed by atoms with Gasteiger partial charge in [-0.1, -0.05) is 30.7 Å². The number of ether oxygens (including phenoxy) is 1. The van der Waals surface area contributed by atoms with Crippen molar-refractivity contribution in [2.24, 2.45) is 5.92 Å². The first-order valence-electron chi connectivity index (χ1n) is 10.8. The molecule has 1 aromatic carbocycles. The molecule has 0 aliphatic carbocycles. The van der Waals surface area contributed by atoms with E-state index in [1.807, 2.05) is 55.1 Å². The van der Waals surface area contributed by atoms with Gasteiger partial charge < -0.3 is 15.0 Å². The van der Waals surface area contributed by atoms with E-state index in [4.69, 9.17) is 4.74 Å². The topological polar surface area (TPSA) is 67.4 Å². The molecule has 32 heavy (non-hydrogen) atoms. The lowest BCUT2D eigenvalue weighted by Crippen LogP contribution is -2.42. The van der Waals surface area contributed by atoms with Gasteiger partial charge in [0.05, 0.1) is 18.1 Å². The summed E-state index contributed by atoms with van der Waals surface area (Å²) in [5, 5.41) is 2.96. The Morgan fingerprint density at radius 3 is 2.75 bits per heavy atom. The first-order chi connectivity index (χ1) is 15.5. The molecular weight excluding hydrogens is 400 g/mol. The van der Waals surface area contributed by atoms with Gasteiger partial charge in [-0.2, -0.15) is 0 Å². The number of urea groups is 1. The van der Waals surface area contributed by atoms with E-state index in [2.05, 4.69) is 34.4 Å². The predicted octanol–water partition coefficient (Wildman–Crippen LogP) is 5.84. The number of rotatable bonds is 4. The van der Waals surface area contributed by atoms with E-state index in [9.17, 15) is 4.79 Å². The van der Waals surface area contributed by atoms with Crippen molar-refractivity contribution in [1.29, 1.82) is 0 Å². The van der Waals surface area contributed by atoms with Crippen LogP contribution in [0.3, 0.4) is 0 Å². The maximum Gasteiger partial charge on any atom is 0.321 e. The third-order valence-electron chi connectivity index (χ3n) is 5.54. The van der Waals surface area contributed by atoms with E-state index in [-0.39, 0.29) is 11.9 Å². The number of nitrogens with one attached hydrogen (secondary N) is 1. The summed E-state index contributed by atoms with van der Waals surface area (Å²) in [6, 6.07) is 13.7. The minimum absolute atomic E-state index is 0.0783. The van der Waals surface area contributed by atoms with Crippen molar-refractivity contribution in [3.05, 3.63) is 83.4 Å². The summed E-state index contributed by atoms with van der Waals surface area (Å²) in [6.07, 6.45) is 8.23. The van der Waals surface area contributed by atoms with Crippen molar-refractivity contribution in [3.8, 4) is 11.5 Å². The monoisotopic (exact) mass is 428 g/mol. The van der Waals surface area contributed by atoms with E-state index in [1.54, 1.807) is 18.6 Å². The second kappa shape index (κ2) is 9.64. The number of hydrogen-bond donors (Lipinski definition) is 1. The maximum atomic E-state index is 12.7. The minimum Gasteiger partial charge on any atom is -0.456 e. The van der Waals surface area contributed by atoms with E-state index >= 15 is 0 Å². The van der Waals surface area contributed by atoms with Gasteiger partial charge in [-0.15, -0.1) is 0 Å². The van der Waals surface area contributed by atoms with Crippen molar-refractivity contribution >= 4 is 17.8 Å². The summed E-state index contributed by atoms with van der Waals surface area (Å²) in [6.45, 7) is 7.44. The molecule has 1 N–H and O–H groups in total. The van der Waals surface area contributed by atoms with Crippen LogP contribution in [0.1, 0.15) is 30.2 Å². The Morgan fingerprint density at radius 1 is 1.12 bits per heavy atom. The summed E-state index contributed by atoms with van der Waals surface area (Å²) in [4.78, 5) is 23.0. The lowest BCUT2D eigenvalue weighted by Gasteiger charge is -2.33. The molecule has 1 fully saturated rings. The maximum absolute atomic E-state index is 12.7. The molecule has 164 valence electrons. The number of carbonyl (C=O) groups is 1. The van der Waals surface area contributed by atoms with Crippen molar-refractivity contribution in [2.75, 3.05) is 18.4 Å². The van der Waals surface area contributed by atoms with Gasteiger partial charge >= 0.3 is 6.03 Å². The average Bonchev–Trinajstić information content (AvgIpc) is 2.77. The molecule has 6 nitrogen and oxygen atoms in total. The lowest BCUT2D eigenvalue weighted by molar-refractivity contribution is 0.198. The molecule has 0 radical (unpaired) electrons. The van der Waals surface area contributed by atoms with Gasteiger partial charge in [0.2, 0.25) is 0 Å². The highest BCUT2D eigenvalue weighted by atomic mass is 16.5. The summed E-state index contributed by atoms with van der Waals surface area (Å²) < 4.78 is 5.95. The quantitative estimate of drug-likeness (QED) is 0.567. The highest BCUT2D eigenvalue weighted by Gasteiger charge is 2.24. The van der Waals surface area contributed by atoms with Crippen molar-refractivity contribution in [3.63, 3.8) is 0 Å². The van der Waals surface area contributed by atoms with Crippen molar-refractivity contribution < 1.29 is 9.53 Å². The molecule has 3 heterocycles. The van der Waals surface area contributed by atoms with Crippen LogP contribution < -0.4 is 10.1 Å². The molecule has 4 rings (SSSR count). The third kappa shape index (κ3) is 5.52. The van der Waals surface area contributed by atoms with Crippen molar-refractivity contribution in [1.82, 2.24) is 14.9 Å². The number of piperidine rings is 1. The summed E-state index contributed by atoms with van der Waals surface area (Å²) in [5.41, 5.74) is 5.13. The van der Waals surface area contributed by atoms with Crippen molar-refractivity contribution in [2.45, 2.75) is 27.2 Å². The van der Waals surface area contributed by atoms with Crippen LogP contribution >= 0.6 is 0 Å². The van der Waals surface area contributed by atoms with Crippen LogP contribution in [-0.2, 0) is 0 Å². The third-order valence-corrected chi connectivity index (χ3v) is 5.54. The molecule has 6 heteroatoms. The number of aromatic nitrogens is 2. The van der Waals surface area contributed by atoms with Crippen LogP contribution in [-0.4, -0.2) is 34.0 Å². The second-order valence-electron chi connectivity index (χ2n) is 8.31. The molecule has 2 aromatic heterocycles. The van der Waals surface area contributed by atoms with Crippen LogP contribution in [0.15, 0.2) is 66.6 Å². The van der Waals surface area contributed by atoms with Gasteiger partial charge in [-0.3, -0.25) is 9.97 Å². The fraction of sp³-hybridized carbons (Fsp3) is 0.269. The zero-order valence-corrected chi connectivity index (χ0v) is 18.7. The minimum atomic E-state index is -0.0783. The first kappa shape index (κ1) is 21.6. The Hall–Kier alpha value is -3.67. The van der Waals surface area contributed by atoms with Crippen LogP contribution in [0.25, 0.3) is 6.08 Å². The molecule has 1 atom stereocenters.